The molecule has 9 nitrogen and oxygen atoms in total. The molecule has 0 saturated heterocycles. The van der Waals surface area contributed by atoms with Gasteiger partial charge in [-0.15, -0.1) is 5.10 Å². The van der Waals surface area contributed by atoms with Gasteiger partial charge in [0.25, 0.3) is 5.91 Å². The quantitative estimate of drug-likeness (QED) is 0.483. The molecular weight excluding hydrogens is 400 g/mol. The van der Waals surface area contributed by atoms with Crippen molar-refractivity contribution in [2.45, 2.75) is 6.54 Å². The molecule has 2 heterocycles. The number of methoxy groups -OCH3 is 1. The highest BCUT2D eigenvalue weighted by atomic mass is 16.5. The molecular formula is C22H18N4O5. The van der Waals surface area contributed by atoms with Gasteiger partial charge < -0.3 is 20.1 Å². The van der Waals surface area contributed by atoms with Crippen LogP contribution in [-0.2, 0) is 20.9 Å². The molecule has 0 unspecified atom stereocenters. The molecule has 0 radical (unpaired) electrons. The van der Waals surface area contributed by atoms with Gasteiger partial charge >= 0.3 is 11.9 Å². The molecule has 156 valence electrons. The summed E-state index contributed by atoms with van der Waals surface area (Å²) < 4.78 is 6.49. The molecule has 1 aliphatic rings. The average molecular weight is 418 g/mol. The summed E-state index contributed by atoms with van der Waals surface area (Å²) in [7, 11) is 1.32. The summed E-state index contributed by atoms with van der Waals surface area (Å²) in [4.78, 5) is 35.8. The van der Waals surface area contributed by atoms with Gasteiger partial charge in [-0.25, -0.2) is 4.79 Å². The standard InChI is InChI=1S/C22H18N4O5/c1-31-19(27)12-25-11-14(16-4-2-3-5-18(16)25)10-17-20(23)24-26(21(17)28)15-8-6-13(7-9-15)22(29)30/h2-11H,12H2,1H3,(H2,23,24)(H,29,30)/b17-10-. The van der Waals surface area contributed by atoms with E-state index >= 15 is 0 Å². The van der Waals surface area contributed by atoms with Gasteiger partial charge in [-0.1, -0.05) is 18.2 Å². The maximum absolute atomic E-state index is 13.0. The van der Waals surface area contributed by atoms with E-state index in [0.717, 1.165) is 15.9 Å². The Morgan fingerprint density at radius 1 is 1.16 bits per heavy atom. The van der Waals surface area contributed by atoms with Crippen molar-refractivity contribution < 1.29 is 24.2 Å². The Kier molecular flexibility index (Phi) is 5.00. The largest absolute Gasteiger partial charge is 0.478 e. The molecule has 0 bridgehead atoms. The first kappa shape index (κ1) is 19.9. The van der Waals surface area contributed by atoms with Gasteiger partial charge in [0.1, 0.15) is 6.54 Å². The van der Waals surface area contributed by atoms with Gasteiger partial charge in [-0.3, -0.25) is 9.59 Å². The predicted molar refractivity (Wildman–Crippen MR) is 114 cm³/mol. The number of hydrazone groups is 1. The second-order valence-electron chi connectivity index (χ2n) is 6.82. The molecule has 4 rings (SSSR count). The summed E-state index contributed by atoms with van der Waals surface area (Å²) in [6.45, 7) is 0.0275. The van der Waals surface area contributed by atoms with Crippen LogP contribution in [0.3, 0.4) is 0 Å². The topological polar surface area (TPSA) is 127 Å². The number of amides is 1. The zero-order chi connectivity index (χ0) is 22.1. The lowest BCUT2D eigenvalue weighted by atomic mass is 10.1. The van der Waals surface area contributed by atoms with Gasteiger partial charge in [-0.2, -0.15) is 5.01 Å². The number of hydrogen-bond donors (Lipinski definition) is 2. The number of hydrogen-bond acceptors (Lipinski definition) is 6. The van der Waals surface area contributed by atoms with E-state index in [1.54, 1.807) is 16.8 Å². The van der Waals surface area contributed by atoms with E-state index in [1.165, 1.54) is 31.4 Å². The van der Waals surface area contributed by atoms with Crippen LogP contribution in [0, 0.1) is 0 Å². The molecule has 3 aromatic rings. The Morgan fingerprint density at radius 2 is 1.87 bits per heavy atom. The molecule has 0 saturated carbocycles. The Labute approximate surface area is 176 Å². The van der Waals surface area contributed by atoms with E-state index in [-0.39, 0.29) is 23.5 Å². The number of aromatic carboxylic acids is 1. The van der Waals surface area contributed by atoms with Crippen molar-refractivity contribution in [3.05, 3.63) is 71.4 Å². The van der Waals surface area contributed by atoms with Crippen LogP contribution in [0.5, 0.6) is 0 Å². The zero-order valence-electron chi connectivity index (χ0n) is 16.5. The van der Waals surface area contributed by atoms with Gasteiger partial charge in [-0.05, 0) is 36.4 Å². The number of anilines is 1. The van der Waals surface area contributed by atoms with Crippen molar-refractivity contribution in [1.29, 1.82) is 0 Å². The average Bonchev–Trinajstić information content (AvgIpc) is 3.26. The molecule has 1 aliphatic heterocycles. The number of carbonyl (C=O) groups is 3. The van der Waals surface area contributed by atoms with Gasteiger partial charge in [0.05, 0.1) is 23.9 Å². The van der Waals surface area contributed by atoms with E-state index in [4.69, 9.17) is 15.6 Å². The minimum absolute atomic E-state index is 0.0275. The van der Waals surface area contributed by atoms with Crippen LogP contribution in [0.1, 0.15) is 15.9 Å². The van der Waals surface area contributed by atoms with E-state index in [2.05, 4.69) is 5.10 Å². The van der Waals surface area contributed by atoms with Crippen LogP contribution in [0.15, 0.2) is 65.4 Å². The van der Waals surface area contributed by atoms with E-state index in [9.17, 15) is 14.4 Å². The fourth-order valence-corrected chi connectivity index (χ4v) is 3.37. The highest BCUT2D eigenvalue weighted by Crippen LogP contribution is 2.28. The molecule has 3 N–H and O–H groups in total. The lowest BCUT2D eigenvalue weighted by Crippen LogP contribution is -2.22. The molecule has 1 amide bonds. The number of ether oxygens (including phenoxy) is 1. The third-order valence-electron chi connectivity index (χ3n) is 4.91. The van der Waals surface area contributed by atoms with E-state index in [1.807, 2.05) is 24.3 Å². The Balaban J connectivity index is 1.70. The van der Waals surface area contributed by atoms with Crippen molar-refractivity contribution in [3.8, 4) is 0 Å². The Bertz CT molecular complexity index is 1270. The number of nitrogens with zero attached hydrogens (tertiary/aromatic N) is 3. The maximum Gasteiger partial charge on any atom is 0.335 e. The minimum Gasteiger partial charge on any atom is -0.478 e. The number of benzene rings is 2. The number of rotatable bonds is 5. The third kappa shape index (κ3) is 3.64. The molecule has 0 fully saturated rings. The minimum atomic E-state index is -1.06. The number of amidine groups is 1. The SMILES string of the molecule is COC(=O)Cn1cc(/C=C2\C(=O)N(c3ccc(C(=O)O)cc3)N=C2N)c2ccccc21. The number of fused-ring (bicyclic) bond motifs is 1. The molecule has 0 atom stereocenters. The van der Waals surface area contributed by atoms with Gasteiger partial charge in [0.2, 0.25) is 0 Å². The zero-order valence-corrected chi connectivity index (χ0v) is 16.5. The lowest BCUT2D eigenvalue weighted by Gasteiger charge is -2.11. The summed E-state index contributed by atoms with van der Waals surface area (Å²) in [5.41, 5.74) is 8.22. The maximum atomic E-state index is 13.0. The number of carboxylic acids is 1. The first-order chi connectivity index (χ1) is 14.9. The van der Waals surface area contributed by atoms with Crippen LogP contribution < -0.4 is 10.7 Å². The van der Waals surface area contributed by atoms with Crippen LogP contribution in [0.4, 0.5) is 5.69 Å². The van der Waals surface area contributed by atoms with Gasteiger partial charge in [0, 0.05) is 22.7 Å². The number of nitrogens with two attached hydrogens (primary N) is 1. The van der Waals surface area contributed by atoms with Crippen molar-refractivity contribution in [1.82, 2.24) is 4.57 Å². The Morgan fingerprint density at radius 3 is 2.55 bits per heavy atom. The first-order valence-electron chi connectivity index (χ1n) is 9.27. The number of carboxylic acid groups (broad SMARTS) is 1. The van der Waals surface area contributed by atoms with Crippen molar-refractivity contribution in [2.75, 3.05) is 12.1 Å². The molecule has 2 aromatic carbocycles. The second kappa shape index (κ2) is 7.79. The highest BCUT2D eigenvalue weighted by Gasteiger charge is 2.30. The first-order valence-corrected chi connectivity index (χ1v) is 9.27. The predicted octanol–water partition coefficient (Wildman–Crippen LogP) is 2.21. The van der Waals surface area contributed by atoms with Crippen LogP contribution >= 0.6 is 0 Å². The van der Waals surface area contributed by atoms with Crippen LogP contribution in [-0.4, -0.2) is 40.5 Å². The van der Waals surface area contributed by atoms with Crippen LogP contribution in [0.25, 0.3) is 17.0 Å². The van der Waals surface area contributed by atoms with Crippen molar-refractivity contribution >= 4 is 46.3 Å². The number of carbonyl (C=O) groups excluding carboxylic acids is 2. The number of aromatic nitrogens is 1. The summed E-state index contributed by atoms with van der Waals surface area (Å²) in [5, 5.41) is 15.1. The molecule has 9 heteroatoms. The van der Waals surface area contributed by atoms with Crippen molar-refractivity contribution in [2.24, 2.45) is 10.8 Å². The molecule has 1 aromatic heterocycles. The molecule has 31 heavy (non-hydrogen) atoms. The summed E-state index contributed by atoms with van der Waals surface area (Å²) in [6.07, 6.45) is 3.38. The lowest BCUT2D eigenvalue weighted by molar-refractivity contribution is -0.141. The number of esters is 1. The summed E-state index contributed by atoms with van der Waals surface area (Å²) in [6, 6.07) is 13.2. The fourth-order valence-electron chi connectivity index (χ4n) is 3.37. The second-order valence-corrected chi connectivity index (χ2v) is 6.82. The molecule has 0 spiro atoms. The number of para-hydroxylation sites is 1. The molecule has 0 aliphatic carbocycles. The van der Waals surface area contributed by atoms with E-state index in [0.29, 0.717) is 11.3 Å². The smallest absolute Gasteiger partial charge is 0.335 e. The fraction of sp³-hybridized carbons (Fsp3) is 0.0909. The van der Waals surface area contributed by atoms with Gasteiger partial charge in [0.15, 0.2) is 5.84 Å². The summed E-state index contributed by atoms with van der Waals surface area (Å²) >= 11 is 0. The monoisotopic (exact) mass is 418 g/mol. The summed E-state index contributed by atoms with van der Waals surface area (Å²) in [5.74, 6) is -1.86. The van der Waals surface area contributed by atoms with Crippen LogP contribution in [0.2, 0.25) is 0 Å². The Hall–Kier alpha value is -4.40. The van der Waals surface area contributed by atoms with E-state index < -0.39 is 17.8 Å². The van der Waals surface area contributed by atoms with Crippen molar-refractivity contribution in [3.63, 3.8) is 0 Å². The highest BCUT2D eigenvalue weighted by molar-refractivity contribution is 6.32. The normalized spacial score (nSPS) is 14.9. The third-order valence-corrected chi connectivity index (χ3v) is 4.91.